The first-order chi connectivity index (χ1) is 14.0. The minimum atomic E-state index is -0.338. The minimum Gasteiger partial charge on any atom is -0.378 e. The van der Waals surface area contributed by atoms with Crippen LogP contribution in [-0.4, -0.2) is 47.7 Å². The van der Waals surface area contributed by atoms with Crippen LogP contribution >= 0.6 is 11.8 Å². The molecule has 2 amide bonds. The van der Waals surface area contributed by atoms with Gasteiger partial charge in [0.25, 0.3) is 5.91 Å². The van der Waals surface area contributed by atoms with E-state index in [1.165, 1.54) is 16.8 Å². The standard InChI is InChI=1S/C21H19N5O2S/c1-25(2)16-10-8-14(9-11-16)12-17-20(28)26(24-21-23-18(27)13-29-21)19(22-17)15-6-4-3-5-7-15/h3-12H,13H2,1-2H3,(H,23,24,27)/b17-12-. The Morgan fingerprint density at radius 3 is 2.45 bits per heavy atom. The maximum Gasteiger partial charge on any atom is 0.298 e. The van der Waals surface area contributed by atoms with Crippen molar-refractivity contribution in [1.82, 2.24) is 10.3 Å². The molecule has 7 nitrogen and oxygen atoms in total. The summed E-state index contributed by atoms with van der Waals surface area (Å²) in [6, 6.07) is 17.2. The highest BCUT2D eigenvalue weighted by molar-refractivity contribution is 8.15. The van der Waals surface area contributed by atoms with Crippen molar-refractivity contribution in [3.05, 3.63) is 71.4 Å². The second-order valence-electron chi connectivity index (χ2n) is 6.68. The maximum absolute atomic E-state index is 13.0. The second-order valence-corrected chi connectivity index (χ2v) is 7.64. The fourth-order valence-electron chi connectivity index (χ4n) is 2.87. The number of amidine groups is 2. The monoisotopic (exact) mass is 405 g/mol. The van der Waals surface area contributed by atoms with Crippen molar-refractivity contribution in [3.8, 4) is 0 Å². The Morgan fingerprint density at radius 2 is 1.83 bits per heavy atom. The summed E-state index contributed by atoms with van der Waals surface area (Å²) in [6.07, 6.45) is 1.74. The summed E-state index contributed by atoms with van der Waals surface area (Å²) in [7, 11) is 3.95. The smallest absolute Gasteiger partial charge is 0.298 e. The predicted molar refractivity (Wildman–Crippen MR) is 117 cm³/mol. The minimum absolute atomic E-state index is 0.129. The number of rotatable bonds is 4. The van der Waals surface area contributed by atoms with Gasteiger partial charge in [-0.3, -0.25) is 9.59 Å². The molecule has 0 aliphatic carbocycles. The van der Waals surface area contributed by atoms with E-state index in [1.807, 2.05) is 73.6 Å². The lowest BCUT2D eigenvalue weighted by Crippen LogP contribution is -2.31. The van der Waals surface area contributed by atoms with Crippen molar-refractivity contribution in [3.63, 3.8) is 0 Å². The third kappa shape index (κ3) is 4.07. The van der Waals surface area contributed by atoms with Crippen LogP contribution in [0.25, 0.3) is 6.08 Å². The van der Waals surface area contributed by atoms with E-state index in [9.17, 15) is 9.59 Å². The highest BCUT2D eigenvalue weighted by atomic mass is 32.2. The SMILES string of the molecule is CN(C)c1ccc(/C=C2\N=C(c3ccccc3)N(/N=C3/NC(=O)CS3)C2=O)cc1. The average molecular weight is 405 g/mol. The van der Waals surface area contributed by atoms with Crippen molar-refractivity contribution in [1.29, 1.82) is 0 Å². The highest BCUT2D eigenvalue weighted by Gasteiger charge is 2.32. The summed E-state index contributed by atoms with van der Waals surface area (Å²) < 4.78 is 0. The van der Waals surface area contributed by atoms with E-state index in [1.54, 1.807) is 6.08 Å². The first-order valence-corrected chi connectivity index (χ1v) is 9.99. The molecule has 1 fully saturated rings. The third-order valence-electron chi connectivity index (χ3n) is 4.36. The quantitative estimate of drug-likeness (QED) is 0.793. The van der Waals surface area contributed by atoms with E-state index in [0.717, 1.165) is 16.8 Å². The number of carbonyl (C=O) groups excluding carboxylic acids is 2. The molecule has 0 saturated carbocycles. The first kappa shape index (κ1) is 18.9. The maximum atomic E-state index is 13.0. The van der Waals surface area contributed by atoms with Crippen LogP contribution < -0.4 is 10.2 Å². The van der Waals surface area contributed by atoms with Crippen LogP contribution in [0, 0.1) is 0 Å². The Morgan fingerprint density at radius 1 is 1.10 bits per heavy atom. The number of benzene rings is 2. The van der Waals surface area contributed by atoms with Gasteiger partial charge in [0.15, 0.2) is 11.0 Å². The van der Waals surface area contributed by atoms with E-state index in [0.29, 0.717) is 22.5 Å². The number of thioether (sulfide) groups is 1. The van der Waals surface area contributed by atoms with Crippen LogP contribution in [0.5, 0.6) is 0 Å². The average Bonchev–Trinajstić information content (AvgIpc) is 3.27. The molecule has 0 atom stereocenters. The molecule has 2 aliphatic rings. The lowest BCUT2D eigenvalue weighted by atomic mass is 10.1. The Labute approximate surface area is 172 Å². The zero-order valence-corrected chi connectivity index (χ0v) is 16.8. The lowest BCUT2D eigenvalue weighted by Gasteiger charge is -2.13. The predicted octanol–water partition coefficient (Wildman–Crippen LogP) is 2.52. The van der Waals surface area contributed by atoms with Gasteiger partial charge in [0, 0.05) is 25.3 Å². The van der Waals surface area contributed by atoms with Crippen molar-refractivity contribution < 1.29 is 9.59 Å². The number of carbonyl (C=O) groups is 2. The van der Waals surface area contributed by atoms with Gasteiger partial charge in [-0.05, 0) is 23.8 Å². The van der Waals surface area contributed by atoms with Crippen molar-refractivity contribution >= 4 is 46.3 Å². The molecule has 0 unspecified atom stereocenters. The Hall–Kier alpha value is -3.39. The molecule has 2 heterocycles. The van der Waals surface area contributed by atoms with Crippen LogP contribution in [0.1, 0.15) is 11.1 Å². The number of hydrazone groups is 1. The summed E-state index contributed by atoms with van der Waals surface area (Å²) >= 11 is 1.26. The van der Waals surface area contributed by atoms with Crippen LogP contribution in [0.2, 0.25) is 0 Å². The van der Waals surface area contributed by atoms with Gasteiger partial charge in [0.2, 0.25) is 5.91 Å². The molecule has 2 aromatic rings. The number of nitrogens with zero attached hydrogens (tertiary/aromatic N) is 4. The number of nitrogens with one attached hydrogen (secondary N) is 1. The second kappa shape index (κ2) is 7.92. The van der Waals surface area contributed by atoms with E-state index in [4.69, 9.17) is 0 Å². The number of amides is 2. The zero-order chi connectivity index (χ0) is 20.4. The fourth-order valence-corrected chi connectivity index (χ4v) is 3.54. The topological polar surface area (TPSA) is 77.4 Å². The molecule has 0 bridgehead atoms. The Bertz CT molecular complexity index is 1040. The highest BCUT2D eigenvalue weighted by Crippen LogP contribution is 2.24. The third-order valence-corrected chi connectivity index (χ3v) is 5.22. The van der Waals surface area contributed by atoms with E-state index in [2.05, 4.69) is 15.4 Å². The summed E-state index contributed by atoms with van der Waals surface area (Å²) in [4.78, 5) is 31.1. The summed E-state index contributed by atoms with van der Waals surface area (Å²) in [6.45, 7) is 0. The van der Waals surface area contributed by atoms with Crippen molar-refractivity contribution in [2.45, 2.75) is 0 Å². The normalized spacial score (nSPS) is 19.1. The van der Waals surface area contributed by atoms with Gasteiger partial charge in [-0.1, -0.05) is 54.2 Å². The molecular weight excluding hydrogens is 386 g/mol. The molecule has 0 radical (unpaired) electrons. The number of hydrogen-bond acceptors (Lipinski definition) is 6. The summed E-state index contributed by atoms with van der Waals surface area (Å²) in [5.74, 6) is 0.255. The van der Waals surface area contributed by atoms with Gasteiger partial charge < -0.3 is 10.2 Å². The molecule has 146 valence electrons. The van der Waals surface area contributed by atoms with E-state index >= 15 is 0 Å². The fraction of sp³-hybridized carbons (Fsp3) is 0.143. The molecule has 4 rings (SSSR count). The van der Waals surface area contributed by atoms with Crippen LogP contribution in [0.15, 0.2) is 70.4 Å². The van der Waals surface area contributed by atoms with Crippen LogP contribution in [-0.2, 0) is 9.59 Å². The Balaban J connectivity index is 1.70. The molecule has 2 aromatic carbocycles. The van der Waals surface area contributed by atoms with Gasteiger partial charge in [-0.2, -0.15) is 5.01 Å². The van der Waals surface area contributed by atoms with Gasteiger partial charge in [-0.25, -0.2) is 4.99 Å². The molecule has 0 aromatic heterocycles. The number of aliphatic imine (C=N–C) groups is 1. The molecule has 2 aliphatic heterocycles. The summed E-state index contributed by atoms with van der Waals surface area (Å²) in [5.41, 5.74) is 3.00. The van der Waals surface area contributed by atoms with Gasteiger partial charge >= 0.3 is 0 Å². The number of hydrogen-bond donors (Lipinski definition) is 1. The molecule has 0 spiro atoms. The van der Waals surface area contributed by atoms with Crippen LogP contribution in [0.3, 0.4) is 0 Å². The molecule has 1 saturated heterocycles. The molecule has 8 heteroatoms. The van der Waals surface area contributed by atoms with Crippen molar-refractivity contribution in [2.24, 2.45) is 10.1 Å². The molecule has 1 N–H and O–H groups in total. The molecule has 29 heavy (non-hydrogen) atoms. The van der Waals surface area contributed by atoms with Crippen molar-refractivity contribution in [2.75, 3.05) is 24.7 Å². The summed E-state index contributed by atoms with van der Waals surface area (Å²) in [5, 5.41) is 8.65. The zero-order valence-electron chi connectivity index (χ0n) is 16.0. The van der Waals surface area contributed by atoms with Gasteiger partial charge in [0.1, 0.15) is 5.70 Å². The number of anilines is 1. The van der Waals surface area contributed by atoms with E-state index in [-0.39, 0.29) is 11.8 Å². The van der Waals surface area contributed by atoms with Gasteiger partial charge in [-0.15, -0.1) is 5.10 Å². The largest absolute Gasteiger partial charge is 0.378 e. The van der Waals surface area contributed by atoms with Crippen LogP contribution in [0.4, 0.5) is 5.69 Å². The first-order valence-electron chi connectivity index (χ1n) is 9.00. The van der Waals surface area contributed by atoms with E-state index < -0.39 is 0 Å². The van der Waals surface area contributed by atoms with Gasteiger partial charge in [0.05, 0.1) is 5.75 Å². The lowest BCUT2D eigenvalue weighted by molar-refractivity contribution is -0.122. The molecular formula is C21H19N5O2S. The Kier molecular flexibility index (Phi) is 5.18.